The number of hydrogen-bond acceptors (Lipinski definition) is 5. The van der Waals surface area contributed by atoms with E-state index in [2.05, 4.69) is 20.4 Å². The molecule has 23 heavy (non-hydrogen) atoms. The van der Waals surface area contributed by atoms with Crippen LogP contribution in [-0.4, -0.2) is 26.7 Å². The van der Waals surface area contributed by atoms with Gasteiger partial charge in [0.05, 0.1) is 12.7 Å². The van der Waals surface area contributed by atoms with E-state index in [0.29, 0.717) is 23.0 Å². The van der Waals surface area contributed by atoms with E-state index in [0.717, 1.165) is 12.1 Å². The first-order valence-electron chi connectivity index (χ1n) is 6.59. The summed E-state index contributed by atoms with van der Waals surface area (Å²) in [5.41, 5.74) is 0.461. The van der Waals surface area contributed by atoms with Crippen molar-refractivity contribution in [3.63, 3.8) is 0 Å². The largest absolute Gasteiger partial charge is 0.466 e. The van der Waals surface area contributed by atoms with Crippen molar-refractivity contribution in [3.8, 4) is 6.01 Å². The number of nitrogens with zero attached hydrogens (tertiary/aromatic N) is 4. The fourth-order valence-electron chi connectivity index (χ4n) is 2.03. The lowest BCUT2D eigenvalue weighted by molar-refractivity contribution is -0.137. The number of alkyl halides is 3. The van der Waals surface area contributed by atoms with Crippen LogP contribution in [0.25, 0.3) is 5.78 Å². The number of fused-ring (bicyclic) bond motifs is 1. The third-order valence-corrected chi connectivity index (χ3v) is 3.09. The van der Waals surface area contributed by atoms with Gasteiger partial charge in [-0.15, -0.1) is 5.10 Å². The zero-order valence-corrected chi connectivity index (χ0v) is 12.2. The van der Waals surface area contributed by atoms with Crippen LogP contribution in [0.15, 0.2) is 30.3 Å². The number of rotatable bonds is 3. The maximum absolute atomic E-state index is 12.6. The molecule has 1 N–H and O–H groups in total. The fourth-order valence-corrected chi connectivity index (χ4v) is 2.03. The van der Waals surface area contributed by atoms with Crippen LogP contribution >= 0.6 is 0 Å². The van der Waals surface area contributed by atoms with Gasteiger partial charge in [-0.25, -0.2) is 4.98 Å². The smallest absolute Gasteiger partial charge is 0.416 e. The Morgan fingerprint density at radius 3 is 2.43 bits per heavy atom. The summed E-state index contributed by atoms with van der Waals surface area (Å²) >= 11 is 0. The van der Waals surface area contributed by atoms with Crippen LogP contribution in [0.3, 0.4) is 0 Å². The average molecular weight is 323 g/mol. The summed E-state index contributed by atoms with van der Waals surface area (Å²) in [4.78, 5) is 8.28. The predicted octanol–water partition coefficient (Wildman–Crippen LogP) is 3.20. The molecule has 0 aliphatic heterocycles. The molecule has 120 valence electrons. The standard InChI is InChI=1S/C14H12F3N5O/c1-8-7-11(22-12(18-8)20-13(21-22)23-2)19-10-5-3-9(4-6-10)14(15,16)17/h3-7,19H,1-2H3. The van der Waals surface area contributed by atoms with E-state index in [9.17, 15) is 13.2 Å². The molecule has 1 aromatic carbocycles. The number of halogens is 3. The van der Waals surface area contributed by atoms with Crippen molar-refractivity contribution in [2.45, 2.75) is 13.1 Å². The van der Waals surface area contributed by atoms with E-state index in [1.807, 2.05) is 0 Å². The van der Waals surface area contributed by atoms with Gasteiger partial charge < -0.3 is 10.1 Å². The van der Waals surface area contributed by atoms with Crippen LogP contribution in [0.5, 0.6) is 6.01 Å². The van der Waals surface area contributed by atoms with Crippen LogP contribution < -0.4 is 10.1 Å². The van der Waals surface area contributed by atoms with Crippen LogP contribution in [0.4, 0.5) is 24.7 Å². The Bertz CT molecular complexity index is 842. The molecule has 0 aliphatic rings. The molecule has 0 saturated heterocycles. The van der Waals surface area contributed by atoms with Gasteiger partial charge in [0.15, 0.2) is 0 Å². The molecule has 6 nitrogen and oxygen atoms in total. The molecule has 0 saturated carbocycles. The van der Waals surface area contributed by atoms with Crippen molar-refractivity contribution in [1.29, 1.82) is 0 Å². The van der Waals surface area contributed by atoms with Crippen molar-refractivity contribution in [3.05, 3.63) is 41.6 Å². The van der Waals surface area contributed by atoms with Gasteiger partial charge in [-0.3, -0.25) is 0 Å². The van der Waals surface area contributed by atoms with Crippen molar-refractivity contribution in [2.75, 3.05) is 12.4 Å². The normalized spacial score (nSPS) is 11.7. The minimum Gasteiger partial charge on any atom is -0.466 e. The summed E-state index contributed by atoms with van der Waals surface area (Å²) < 4.78 is 44.1. The highest BCUT2D eigenvalue weighted by molar-refractivity contribution is 5.59. The average Bonchev–Trinajstić information content (AvgIpc) is 2.90. The number of aromatic nitrogens is 4. The Kier molecular flexibility index (Phi) is 3.55. The molecule has 3 rings (SSSR count). The van der Waals surface area contributed by atoms with Crippen molar-refractivity contribution >= 4 is 17.3 Å². The molecule has 0 aliphatic carbocycles. The maximum Gasteiger partial charge on any atom is 0.416 e. The summed E-state index contributed by atoms with van der Waals surface area (Å²) in [5, 5.41) is 7.10. The molecule has 2 aromatic heterocycles. The molecule has 0 atom stereocenters. The Hall–Kier alpha value is -2.84. The van der Waals surface area contributed by atoms with E-state index >= 15 is 0 Å². The van der Waals surface area contributed by atoms with Crippen LogP contribution in [0.2, 0.25) is 0 Å². The summed E-state index contributed by atoms with van der Waals surface area (Å²) in [6.45, 7) is 1.78. The lowest BCUT2D eigenvalue weighted by Crippen LogP contribution is -2.05. The quantitative estimate of drug-likeness (QED) is 0.802. The highest BCUT2D eigenvalue weighted by atomic mass is 19.4. The molecular formula is C14H12F3N5O. The van der Waals surface area contributed by atoms with Gasteiger partial charge in [0.2, 0.25) is 0 Å². The molecule has 0 amide bonds. The number of nitrogens with one attached hydrogen (secondary N) is 1. The van der Waals surface area contributed by atoms with Gasteiger partial charge in [0.25, 0.3) is 5.78 Å². The monoisotopic (exact) mass is 323 g/mol. The molecule has 0 unspecified atom stereocenters. The van der Waals surface area contributed by atoms with E-state index in [1.54, 1.807) is 13.0 Å². The second kappa shape index (κ2) is 5.41. The summed E-state index contributed by atoms with van der Waals surface area (Å²) in [5.74, 6) is 0.847. The molecule has 2 heterocycles. The van der Waals surface area contributed by atoms with Gasteiger partial charge >= 0.3 is 12.2 Å². The van der Waals surface area contributed by atoms with Crippen molar-refractivity contribution in [2.24, 2.45) is 0 Å². The zero-order chi connectivity index (χ0) is 16.6. The first-order chi connectivity index (χ1) is 10.9. The minimum atomic E-state index is -4.36. The fraction of sp³-hybridized carbons (Fsp3) is 0.214. The topological polar surface area (TPSA) is 64.3 Å². The van der Waals surface area contributed by atoms with Gasteiger partial charge in [-0.1, -0.05) is 0 Å². The maximum atomic E-state index is 12.6. The van der Waals surface area contributed by atoms with Gasteiger partial charge in [0.1, 0.15) is 5.82 Å². The molecule has 0 fully saturated rings. The van der Waals surface area contributed by atoms with E-state index < -0.39 is 11.7 Å². The van der Waals surface area contributed by atoms with Gasteiger partial charge in [-0.2, -0.15) is 22.7 Å². The van der Waals surface area contributed by atoms with Gasteiger partial charge in [-0.05, 0) is 31.2 Å². The molecule has 0 spiro atoms. The van der Waals surface area contributed by atoms with Crippen LogP contribution in [0, 0.1) is 6.92 Å². The van der Waals surface area contributed by atoms with Crippen molar-refractivity contribution in [1.82, 2.24) is 19.6 Å². The second-order valence-electron chi connectivity index (χ2n) is 4.79. The highest BCUT2D eigenvalue weighted by Crippen LogP contribution is 2.30. The lowest BCUT2D eigenvalue weighted by Gasteiger charge is -2.10. The number of anilines is 2. The first kappa shape index (κ1) is 15.1. The molecule has 0 radical (unpaired) electrons. The molecular weight excluding hydrogens is 311 g/mol. The summed E-state index contributed by atoms with van der Waals surface area (Å²) in [6.07, 6.45) is -4.36. The Morgan fingerprint density at radius 1 is 1.13 bits per heavy atom. The predicted molar refractivity (Wildman–Crippen MR) is 76.8 cm³/mol. The number of ether oxygens (including phenoxy) is 1. The minimum absolute atomic E-state index is 0.151. The van der Waals surface area contributed by atoms with E-state index in [1.165, 1.54) is 23.8 Å². The Balaban J connectivity index is 1.96. The van der Waals surface area contributed by atoms with E-state index in [-0.39, 0.29) is 6.01 Å². The second-order valence-corrected chi connectivity index (χ2v) is 4.79. The number of hydrogen-bond donors (Lipinski definition) is 1. The first-order valence-corrected chi connectivity index (χ1v) is 6.59. The third kappa shape index (κ3) is 3.03. The Morgan fingerprint density at radius 2 is 1.83 bits per heavy atom. The van der Waals surface area contributed by atoms with Crippen LogP contribution in [-0.2, 0) is 6.18 Å². The highest BCUT2D eigenvalue weighted by Gasteiger charge is 2.29. The number of aryl methyl sites for hydroxylation is 1. The lowest BCUT2D eigenvalue weighted by atomic mass is 10.2. The van der Waals surface area contributed by atoms with E-state index in [4.69, 9.17) is 4.74 Å². The molecule has 9 heteroatoms. The summed E-state index contributed by atoms with van der Waals surface area (Å²) in [7, 11) is 1.44. The Labute approximate surface area is 128 Å². The molecule has 3 aromatic rings. The SMILES string of the molecule is COc1nc2nc(C)cc(Nc3ccc(C(F)(F)F)cc3)n2n1. The third-order valence-electron chi connectivity index (χ3n) is 3.09. The summed E-state index contributed by atoms with van der Waals surface area (Å²) in [6, 6.07) is 6.57. The van der Waals surface area contributed by atoms with Crippen LogP contribution in [0.1, 0.15) is 11.3 Å². The number of benzene rings is 1. The molecule has 0 bridgehead atoms. The van der Waals surface area contributed by atoms with Crippen molar-refractivity contribution < 1.29 is 17.9 Å². The number of methoxy groups -OCH3 is 1. The van der Waals surface area contributed by atoms with Gasteiger partial charge in [0, 0.05) is 17.4 Å². The zero-order valence-electron chi connectivity index (χ0n) is 12.2.